The van der Waals surface area contributed by atoms with Crippen LogP contribution in [-0.2, 0) is 4.79 Å². The standard InChI is InChI=1S/C16H22N4O2/c1-22-15-10-14(17-11-18-15)19-13-6-8-20(9-7-13)16(21)12-4-2-3-5-12/h2-3,10-13H,4-9H2,1H3,(H,17,18,19). The third-order valence-electron chi connectivity index (χ3n) is 4.37. The zero-order valence-electron chi connectivity index (χ0n) is 12.9. The van der Waals surface area contributed by atoms with Crippen LogP contribution in [0.15, 0.2) is 24.5 Å². The first-order valence-corrected chi connectivity index (χ1v) is 7.82. The minimum atomic E-state index is 0.177. The number of rotatable bonds is 4. The summed E-state index contributed by atoms with van der Waals surface area (Å²) in [5.41, 5.74) is 0. The van der Waals surface area contributed by atoms with Gasteiger partial charge in [0.25, 0.3) is 0 Å². The Hall–Kier alpha value is -2.11. The number of nitrogens with one attached hydrogen (secondary N) is 1. The number of ether oxygens (including phenoxy) is 1. The van der Waals surface area contributed by atoms with Crippen LogP contribution in [0.4, 0.5) is 5.82 Å². The Balaban J connectivity index is 1.50. The quantitative estimate of drug-likeness (QED) is 0.860. The average molecular weight is 302 g/mol. The van der Waals surface area contributed by atoms with Gasteiger partial charge < -0.3 is 15.0 Å². The van der Waals surface area contributed by atoms with Crippen molar-refractivity contribution in [3.63, 3.8) is 0 Å². The summed E-state index contributed by atoms with van der Waals surface area (Å²) in [7, 11) is 1.59. The number of methoxy groups -OCH3 is 1. The maximum absolute atomic E-state index is 12.4. The Morgan fingerprint density at radius 1 is 1.27 bits per heavy atom. The van der Waals surface area contributed by atoms with Gasteiger partial charge in [0.15, 0.2) is 0 Å². The summed E-state index contributed by atoms with van der Waals surface area (Å²) in [4.78, 5) is 22.6. The minimum Gasteiger partial charge on any atom is -0.481 e. The van der Waals surface area contributed by atoms with E-state index in [4.69, 9.17) is 4.74 Å². The van der Waals surface area contributed by atoms with E-state index in [9.17, 15) is 4.79 Å². The van der Waals surface area contributed by atoms with Crippen molar-refractivity contribution in [1.29, 1.82) is 0 Å². The number of carbonyl (C=O) groups excluding carboxylic acids is 1. The Morgan fingerprint density at radius 3 is 2.68 bits per heavy atom. The highest BCUT2D eigenvalue weighted by Crippen LogP contribution is 2.23. The van der Waals surface area contributed by atoms with Crippen LogP contribution in [0.25, 0.3) is 0 Å². The van der Waals surface area contributed by atoms with Crippen molar-refractivity contribution in [1.82, 2.24) is 14.9 Å². The van der Waals surface area contributed by atoms with Crippen molar-refractivity contribution in [3.8, 4) is 5.88 Å². The molecule has 0 bridgehead atoms. The number of anilines is 1. The van der Waals surface area contributed by atoms with Gasteiger partial charge in [-0.3, -0.25) is 4.79 Å². The minimum absolute atomic E-state index is 0.177. The highest BCUT2D eigenvalue weighted by molar-refractivity contribution is 5.79. The zero-order chi connectivity index (χ0) is 15.4. The number of hydrogen-bond acceptors (Lipinski definition) is 5. The molecule has 0 atom stereocenters. The van der Waals surface area contributed by atoms with Gasteiger partial charge in [-0.05, 0) is 25.7 Å². The van der Waals surface area contributed by atoms with Crippen LogP contribution in [0.3, 0.4) is 0 Å². The SMILES string of the molecule is COc1cc(NC2CCN(C(=O)C3CC=CC3)CC2)ncn1. The molecule has 1 amide bonds. The first kappa shape index (κ1) is 14.8. The van der Waals surface area contributed by atoms with Crippen molar-refractivity contribution >= 4 is 11.7 Å². The van der Waals surface area contributed by atoms with E-state index in [2.05, 4.69) is 27.4 Å². The number of amides is 1. The van der Waals surface area contributed by atoms with Crippen LogP contribution in [0.1, 0.15) is 25.7 Å². The van der Waals surface area contributed by atoms with Gasteiger partial charge in [-0.2, -0.15) is 0 Å². The summed E-state index contributed by atoms with van der Waals surface area (Å²) < 4.78 is 5.10. The Labute approximate surface area is 130 Å². The lowest BCUT2D eigenvalue weighted by Crippen LogP contribution is -2.44. The maximum atomic E-state index is 12.4. The molecule has 1 aromatic heterocycles. The van der Waals surface area contributed by atoms with Crippen LogP contribution < -0.4 is 10.1 Å². The van der Waals surface area contributed by atoms with Gasteiger partial charge in [-0.1, -0.05) is 12.2 Å². The lowest BCUT2D eigenvalue weighted by Gasteiger charge is -2.34. The van der Waals surface area contributed by atoms with Crippen LogP contribution in [0.2, 0.25) is 0 Å². The maximum Gasteiger partial charge on any atom is 0.226 e. The molecule has 0 aromatic carbocycles. The van der Waals surface area contributed by atoms with Gasteiger partial charge in [-0.15, -0.1) is 0 Å². The summed E-state index contributed by atoms with van der Waals surface area (Å²) >= 11 is 0. The fourth-order valence-corrected chi connectivity index (χ4v) is 3.06. The molecule has 3 rings (SSSR count). The predicted octanol–water partition coefficient (Wildman–Crippen LogP) is 1.85. The van der Waals surface area contributed by atoms with E-state index in [1.165, 1.54) is 6.33 Å². The van der Waals surface area contributed by atoms with Crippen LogP contribution in [0.5, 0.6) is 5.88 Å². The molecule has 0 unspecified atom stereocenters. The molecule has 6 nitrogen and oxygen atoms in total. The highest BCUT2D eigenvalue weighted by Gasteiger charge is 2.28. The Bertz CT molecular complexity index is 545. The van der Waals surface area contributed by atoms with Gasteiger partial charge in [0.05, 0.1) is 7.11 Å². The van der Waals surface area contributed by atoms with Gasteiger partial charge in [0.2, 0.25) is 11.8 Å². The average Bonchev–Trinajstić information content (AvgIpc) is 3.09. The van der Waals surface area contributed by atoms with Crippen molar-refractivity contribution in [3.05, 3.63) is 24.5 Å². The summed E-state index contributed by atoms with van der Waals surface area (Å²) in [6.07, 6.45) is 9.40. The van der Waals surface area contributed by atoms with E-state index in [1.54, 1.807) is 13.2 Å². The number of carbonyl (C=O) groups is 1. The fourth-order valence-electron chi connectivity index (χ4n) is 3.06. The third-order valence-corrected chi connectivity index (χ3v) is 4.37. The molecule has 1 saturated heterocycles. The lowest BCUT2D eigenvalue weighted by molar-refractivity contribution is -0.136. The van der Waals surface area contributed by atoms with Crippen LogP contribution in [-0.4, -0.2) is 47.0 Å². The van der Waals surface area contributed by atoms with Crippen LogP contribution in [0, 0.1) is 5.92 Å². The summed E-state index contributed by atoms with van der Waals surface area (Å²) in [5, 5.41) is 3.40. The molecule has 1 aliphatic heterocycles. The second-order valence-corrected chi connectivity index (χ2v) is 5.83. The molecule has 1 fully saturated rings. The molecule has 0 saturated carbocycles. The normalized spacial score (nSPS) is 19.4. The number of likely N-dealkylation sites (tertiary alicyclic amines) is 1. The van der Waals surface area contributed by atoms with E-state index >= 15 is 0 Å². The largest absolute Gasteiger partial charge is 0.481 e. The summed E-state index contributed by atoms with van der Waals surface area (Å²) in [6.45, 7) is 1.63. The molecule has 0 radical (unpaired) electrons. The number of aromatic nitrogens is 2. The van der Waals surface area contributed by atoms with E-state index < -0.39 is 0 Å². The zero-order valence-corrected chi connectivity index (χ0v) is 12.9. The van der Waals surface area contributed by atoms with Gasteiger partial charge in [0.1, 0.15) is 12.1 Å². The first-order valence-electron chi connectivity index (χ1n) is 7.82. The van der Waals surface area contributed by atoms with Gasteiger partial charge >= 0.3 is 0 Å². The summed E-state index contributed by atoms with van der Waals surface area (Å²) in [6, 6.07) is 2.13. The molecule has 1 N–H and O–H groups in total. The Kier molecular flexibility index (Phi) is 4.56. The second kappa shape index (κ2) is 6.77. The van der Waals surface area contributed by atoms with Crippen molar-refractivity contribution in [2.45, 2.75) is 31.7 Å². The predicted molar refractivity (Wildman–Crippen MR) is 83.7 cm³/mol. The molecular weight excluding hydrogens is 280 g/mol. The molecule has 0 spiro atoms. The monoisotopic (exact) mass is 302 g/mol. The van der Waals surface area contributed by atoms with Crippen LogP contribution >= 0.6 is 0 Å². The first-order chi connectivity index (χ1) is 10.8. The number of piperidine rings is 1. The van der Waals surface area contributed by atoms with Gasteiger partial charge in [0, 0.05) is 31.1 Å². The van der Waals surface area contributed by atoms with E-state index in [0.717, 1.165) is 44.6 Å². The number of hydrogen-bond donors (Lipinski definition) is 1. The molecule has 2 heterocycles. The lowest BCUT2D eigenvalue weighted by atomic mass is 10.0. The Morgan fingerprint density at radius 2 is 2.00 bits per heavy atom. The van der Waals surface area contributed by atoms with E-state index in [-0.39, 0.29) is 5.92 Å². The summed E-state index contributed by atoms with van der Waals surface area (Å²) in [5.74, 6) is 1.82. The molecule has 118 valence electrons. The van der Waals surface area contributed by atoms with Crippen molar-refractivity contribution in [2.24, 2.45) is 5.92 Å². The smallest absolute Gasteiger partial charge is 0.226 e. The van der Waals surface area contributed by atoms with E-state index in [0.29, 0.717) is 17.8 Å². The topological polar surface area (TPSA) is 67.3 Å². The van der Waals surface area contributed by atoms with Crippen molar-refractivity contribution in [2.75, 3.05) is 25.5 Å². The molecule has 1 aliphatic carbocycles. The number of allylic oxidation sites excluding steroid dienone is 2. The fraction of sp³-hybridized carbons (Fsp3) is 0.562. The van der Waals surface area contributed by atoms with Gasteiger partial charge in [-0.25, -0.2) is 9.97 Å². The molecule has 6 heteroatoms. The molecule has 22 heavy (non-hydrogen) atoms. The second-order valence-electron chi connectivity index (χ2n) is 5.83. The van der Waals surface area contributed by atoms with Crippen molar-refractivity contribution < 1.29 is 9.53 Å². The molecule has 1 aromatic rings. The molecule has 2 aliphatic rings. The third kappa shape index (κ3) is 3.37. The highest BCUT2D eigenvalue weighted by atomic mass is 16.5. The number of nitrogens with zero attached hydrogens (tertiary/aromatic N) is 3. The molecular formula is C16H22N4O2. The van der Waals surface area contributed by atoms with E-state index in [1.807, 2.05) is 4.90 Å².